The Morgan fingerprint density at radius 2 is 1.83 bits per heavy atom. The standard InChI is InChI=1S/C19H13N3O2/c23-18(9-10-19-22-16-7-3-4-8-17(16)24-19)21-14-11-13-5-1-2-6-15(13)20-12-14/h1-12H,(H,21,23)/b10-9+. The van der Waals surface area contributed by atoms with Crippen molar-refractivity contribution in [1.82, 2.24) is 9.97 Å². The third kappa shape index (κ3) is 2.87. The monoisotopic (exact) mass is 315 g/mol. The van der Waals surface area contributed by atoms with Crippen molar-refractivity contribution in [2.24, 2.45) is 0 Å². The molecule has 0 atom stereocenters. The summed E-state index contributed by atoms with van der Waals surface area (Å²) < 4.78 is 5.54. The zero-order valence-corrected chi connectivity index (χ0v) is 12.6. The van der Waals surface area contributed by atoms with Crippen LogP contribution in [0.25, 0.3) is 28.1 Å². The molecule has 116 valence electrons. The van der Waals surface area contributed by atoms with E-state index in [9.17, 15) is 4.79 Å². The van der Waals surface area contributed by atoms with Crippen LogP contribution >= 0.6 is 0 Å². The first kappa shape index (κ1) is 14.1. The van der Waals surface area contributed by atoms with Crippen LogP contribution in [0.5, 0.6) is 0 Å². The summed E-state index contributed by atoms with van der Waals surface area (Å²) in [4.78, 5) is 20.6. The second kappa shape index (κ2) is 5.96. The van der Waals surface area contributed by atoms with Crippen LogP contribution in [-0.4, -0.2) is 15.9 Å². The van der Waals surface area contributed by atoms with Gasteiger partial charge in [0.25, 0.3) is 0 Å². The van der Waals surface area contributed by atoms with E-state index in [0.717, 1.165) is 16.4 Å². The molecule has 2 aromatic heterocycles. The highest BCUT2D eigenvalue weighted by atomic mass is 16.3. The summed E-state index contributed by atoms with van der Waals surface area (Å²) in [6.07, 6.45) is 4.57. The summed E-state index contributed by atoms with van der Waals surface area (Å²) in [6, 6.07) is 17.1. The summed E-state index contributed by atoms with van der Waals surface area (Å²) in [5, 5.41) is 3.75. The molecule has 0 saturated carbocycles. The van der Waals surface area contributed by atoms with Crippen molar-refractivity contribution in [3.05, 3.63) is 72.8 Å². The van der Waals surface area contributed by atoms with E-state index in [1.807, 2.05) is 54.6 Å². The Labute approximate surface area is 137 Å². The van der Waals surface area contributed by atoms with Gasteiger partial charge in [0.05, 0.1) is 17.4 Å². The normalized spacial score (nSPS) is 11.3. The van der Waals surface area contributed by atoms with Crippen LogP contribution in [0.15, 0.2) is 71.3 Å². The maximum atomic E-state index is 12.0. The molecule has 5 heteroatoms. The van der Waals surface area contributed by atoms with E-state index in [1.165, 1.54) is 6.08 Å². The van der Waals surface area contributed by atoms with Crippen LogP contribution in [0.4, 0.5) is 5.69 Å². The lowest BCUT2D eigenvalue weighted by atomic mass is 10.2. The molecular formula is C19H13N3O2. The molecule has 0 aliphatic heterocycles. The minimum Gasteiger partial charge on any atom is -0.437 e. The Morgan fingerprint density at radius 1 is 1.04 bits per heavy atom. The van der Waals surface area contributed by atoms with Gasteiger partial charge in [-0.2, -0.15) is 0 Å². The number of benzene rings is 2. The first-order chi connectivity index (χ1) is 11.8. The third-order valence-corrected chi connectivity index (χ3v) is 3.55. The highest BCUT2D eigenvalue weighted by molar-refractivity contribution is 6.02. The van der Waals surface area contributed by atoms with E-state index < -0.39 is 0 Å². The molecule has 24 heavy (non-hydrogen) atoms. The van der Waals surface area contributed by atoms with Gasteiger partial charge in [-0.15, -0.1) is 0 Å². The quantitative estimate of drug-likeness (QED) is 0.580. The van der Waals surface area contributed by atoms with Gasteiger partial charge < -0.3 is 9.73 Å². The zero-order valence-electron chi connectivity index (χ0n) is 12.6. The van der Waals surface area contributed by atoms with Crippen LogP contribution in [0, 0.1) is 0 Å². The lowest BCUT2D eigenvalue weighted by molar-refractivity contribution is -0.111. The Bertz CT molecular complexity index is 1030. The number of pyridine rings is 1. The van der Waals surface area contributed by atoms with Crippen molar-refractivity contribution in [2.75, 3.05) is 5.32 Å². The molecule has 2 heterocycles. The Hall–Kier alpha value is -3.47. The molecule has 5 nitrogen and oxygen atoms in total. The van der Waals surface area contributed by atoms with E-state index >= 15 is 0 Å². The number of rotatable bonds is 3. The van der Waals surface area contributed by atoms with Gasteiger partial charge in [-0.05, 0) is 24.3 Å². The molecule has 0 unspecified atom stereocenters. The Balaban J connectivity index is 1.50. The summed E-state index contributed by atoms with van der Waals surface area (Å²) in [7, 11) is 0. The first-order valence-corrected chi connectivity index (χ1v) is 7.47. The van der Waals surface area contributed by atoms with Crippen molar-refractivity contribution in [2.45, 2.75) is 0 Å². The largest absolute Gasteiger partial charge is 0.437 e. The van der Waals surface area contributed by atoms with Gasteiger partial charge >= 0.3 is 0 Å². The van der Waals surface area contributed by atoms with Crippen LogP contribution in [0.2, 0.25) is 0 Å². The molecular weight excluding hydrogens is 302 g/mol. The van der Waals surface area contributed by atoms with E-state index in [2.05, 4.69) is 15.3 Å². The minimum absolute atomic E-state index is 0.269. The molecule has 1 N–H and O–H groups in total. The number of nitrogens with one attached hydrogen (secondary N) is 1. The maximum Gasteiger partial charge on any atom is 0.248 e. The summed E-state index contributed by atoms with van der Waals surface area (Å²) in [5.41, 5.74) is 2.98. The van der Waals surface area contributed by atoms with Gasteiger partial charge in [-0.1, -0.05) is 30.3 Å². The number of fused-ring (bicyclic) bond motifs is 2. The Kier molecular flexibility index (Phi) is 3.51. The number of hydrogen-bond acceptors (Lipinski definition) is 4. The predicted octanol–water partition coefficient (Wildman–Crippen LogP) is 4.03. The first-order valence-electron chi connectivity index (χ1n) is 7.47. The smallest absolute Gasteiger partial charge is 0.248 e. The van der Waals surface area contributed by atoms with Crippen molar-refractivity contribution in [1.29, 1.82) is 0 Å². The SMILES string of the molecule is O=C(/C=C/c1nc2ccccc2o1)Nc1cnc2ccccc2c1. The molecule has 4 rings (SSSR count). The van der Waals surface area contributed by atoms with E-state index in [1.54, 1.807) is 12.3 Å². The number of hydrogen-bond donors (Lipinski definition) is 1. The molecule has 0 bridgehead atoms. The third-order valence-electron chi connectivity index (χ3n) is 3.55. The topological polar surface area (TPSA) is 68.0 Å². The number of para-hydroxylation sites is 3. The Morgan fingerprint density at radius 3 is 2.71 bits per heavy atom. The molecule has 0 aliphatic rings. The van der Waals surface area contributed by atoms with Crippen molar-refractivity contribution < 1.29 is 9.21 Å². The minimum atomic E-state index is -0.269. The lowest BCUT2D eigenvalue weighted by Gasteiger charge is -2.03. The molecule has 0 fully saturated rings. The van der Waals surface area contributed by atoms with Crippen molar-refractivity contribution in [3.63, 3.8) is 0 Å². The van der Waals surface area contributed by atoms with Crippen molar-refractivity contribution in [3.8, 4) is 0 Å². The van der Waals surface area contributed by atoms with Gasteiger partial charge in [0.2, 0.25) is 11.8 Å². The van der Waals surface area contributed by atoms with E-state index in [-0.39, 0.29) is 5.91 Å². The number of aromatic nitrogens is 2. The summed E-state index contributed by atoms with van der Waals surface area (Å²) in [5.74, 6) is 0.123. The molecule has 0 spiro atoms. The van der Waals surface area contributed by atoms with Crippen LogP contribution in [0.1, 0.15) is 5.89 Å². The summed E-state index contributed by atoms with van der Waals surface area (Å²) in [6.45, 7) is 0. The molecule has 0 aliphatic carbocycles. The molecule has 0 radical (unpaired) electrons. The van der Waals surface area contributed by atoms with Crippen LogP contribution in [-0.2, 0) is 4.79 Å². The van der Waals surface area contributed by atoms with Crippen molar-refractivity contribution >= 4 is 39.7 Å². The van der Waals surface area contributed by atoms with Gasteiger partial charge in [-0.3, -0.25) is 9.78 Å². The highest BCUT2D eigenvalue weighted by Gasteiger charge is 2.04. The number of carbonyl (C=O) groups is 1. The number of amides is 1. The average molecular weight is 315 g/mol. The fourth-order valence-corrected chi connectivity index (χ4v) is 2.43. The zero-order chi connectivity index (χ0) is 16.4. The molecule has 1 amide bonds. The van der Waals surface area contributed by atoms with Gasteiger partial charge in [0.1, 0.15) is 5.52 Å². The van der Waals surface area contributed by atoms with Crippen LogP contribution in [0.3, 0.4) is 0 Å². The van der Waals surface area contributed by atoms with Gasteiger partial charge in [0, 0.05) is 17.5 Å². The predicted molar refractivity (Wildman–Crippen MR) is 93.4 cm³/mol. The highest BCUT2D eigenvalue weighted by Crippen LogP contribution is 2.17. The number of anilines is 1. The second-order valence-electron chi connectivity index (χ2n) is 5.26. The summed E-state index contributed by atoms with van der Waals surface area (Å²) >= 11 is 0. The van der Waals surface area contributed by atoms with E-state index in [4.69, 9.17) is 4.42 Å². The number of oxazole rings is 1. The van der Waals surface area contributed by atoms with E-state index in [0.29, 0.717) is 17.2 Å². The van der Waals surface area contributed by atoms with Gasteiger partial charge in [-0.25, -0.2) is 4.98 Å². The average Bonchev–Trinajstić information content (AvgIpc) is 3.03. The number of nitrogens with zero attached hydrogens (tertiary/aromatic N) is 2. The fraction of sp³-hybridized carbons (Fsp3) is 0. The van der Waals surface area contributed by atoms with Crippen LogP contribution < -0.4 is 5.32 Å². The lowest BCUT2D eigenvalue weighted by Crippen LogP contribution is -2.07. The molecule has 2 aromatic carbocycles. The van der Waals surface area contributed by atoms with Gasteiger partial charge in [0.15, 0.2) is 5.58 Å². The maximum absolute atomic E-state index is 12.0. The number of carbonyl (C=O) groups excluding carboxylic acids is 1. The fourth-order valence-electron chi connectivity index (χ4n) is 2.43. The second-order valence-corrected chi connectivity index (χ2v) is 5.26. The molecule has 4 aromatic rings. The molecule has 0 saturated heterocycles.